The Morgan fingerprint density at radius 3 is 2.57 bits per heavy atom. The summed E-state index contributed by atoms with van der Waals surface area (Å²) in [4.78, 5) is 0. The van der Waals surface area contributed by atoms with Gasteiger partial charge in [-0.05, 0) is 17.4 Å². The van der Waals surface area contributed by atoms with Crippen LogP contribution in [-0.2, 0) is 0 Å². The third-order valence-corrected chi connectivity index (χ3v) is 1.07. The first-order valence-corrected chi connectivity index (χ1v) is 3.45. The van der Waals surface area contributed by atoms with Crippen LogP contribution >= 0.6 is 22.6 Å². The fraction of sp³-hybridized carbons (Fsp3) is 0.600. The zero-order valence-corrected chi connectivity index (χ0v) is 6.42. The Kier molecular flexibility index (Phi) is 4.87. The van der Waals surface area contributed by atoms with Crippen LogP contribution in [0.1, 0.15) is 13.3 Å². The molecule has 7 heavy (non-hydrogen) atoms. The summed E-state index contributed by atoms with van der Waals surface area (Å²) in [5.74, 6) is 0. The van der Waals surface area contributed by atoms with Gasteiger partial charge in [-0.2, -0.15) is 0 Å². The normalized spacial score (nSPS) is 15.3. The standard InChI is InChI=1S/C5H9IO/c1-5(7)3-2-4-6/h2,4-5,7H,3H2,1H3/b4-2-/t5-/m1/s1. The maximum absolute atomic E-state index is 8.63. The van der Waals surface area contributed by atoms with Crippen LogP contribution in [0.15, 0.2) is 10.2 Å². The predicted molar refractivity (Wildman–Crippen MR) is 39.5 cm³/mol. The molecule has 0 unspecified atom stereocenters. The van der Waals surface area contributed by atoms with E-state index in [2.05, 4.69) is 22.6 Å². The largest absolute Gasteiger partial charge is 0.393 e. The Bertz CT molecular complexity index is 59.1. The second-order valence-corrected chi connectivity index (χ2v) is 2.17. The van der Waals surface area contributed by atoms with E-state index in [4.69, 9.17) is 5.11 Å². The van der Waals surface area contributed by atoms with Crippen LogP contribution in [-0.4, -0.2) is 11.2 Å². The first-order valence-electron chi connectivity index (χ1n) is 2.20. The second kappa shape index (κ2) is 4.59. The lowest BCUT2D eigenvalue weighted by Crippen LogP contribution is -1.94. The Morgan fingerprint density at radius 1 is 1.86 bits per heavy atom. The fourth-order valence-electron chi connectivity index (χ4n) is 0.248. The summed E-state index contributed by atoms with van der Waals surface area (Å²) in [6.45, 7) is 1.77. The van der Waals surface area contributed by atoms with E-state index >= 15 is 0 Å². The van der Waals surface area contributed by atoms with E-state index in [0.29, 0.717) is 0 Å². The van der Waals surface area contributed by atoms with Gasteiger partial charge >= 0.3 is 0 Å². The fourth-order valence-corrected chi connectivity index (χ4v) is 0.542. The average Bonchev–Trinajstić information content (AvgIpc) is 1.61. The molecule has 0 saturated heterocycles. The SMILES string of the molecule is C[C@@H](O)C/C=C\I. The number of aliphatic hydroxyl groups is 1. The van der Waals surface area contributed by atoms with Crippen molar-refractivity contribution in [3.63, 3.8) is 0 Å². The molecule has 0 rings (SSSR count). The van der Waals surface area contributed by atoms with Crippen LogP contribution in [0, 0.1) is 0 Å². The van der Waals surface area contributed by atoms with Gasteiger partial charge in [0.15, 0.2) is 0 Å². The van der Waals surface area contributed by atoms with Crippen molar-refractivity contribution >= 4 is 22.6 Å². The van der Waals surface area contributed by atoms with Crippen molar-refractivity contribution < 1.29 is 5.11 Å². The molecule has 1 nitrogen and oxygen atoms in total. The molecule has 0 amide bonds. The van der Waals surface area contributed by atoms with Crippen molar-refractivity contribution in [1.82, 2.24) is 0 Å². The highest BCUT2D eigenvalue weighted by Gasteiger charge is 1.85. The van der Waals surface area contributed by atoms with Crippen LogP contribution in [0.4, 0.5) is 0 Å². The summed E-state index contributed by atoms with van der Waals surface area (Å²) in [6.07, 6.45) is 2.51. The van der Waals surface area contributed by atoms with Gasteiger partial charge in [0, 0.05) is 0 Å². The molecule has 0 saturated carbocycles. The molecule has 0 bridgehead atoms. The summed E-state index contributed by atoms with van der Waals surface area (Å²) in [5, 5.41) is 8.63. The third kappa shape index (κ3) is 6.43. The molecule has 0 aromatic rings. The third-order valence-electron chi connectivity index (χ3n) is 0.566. The van der Waals surface area contributed by atoms with Gasteiger partial charge in [0.05, 0.1) is 6.10 Å². The number of hydrogen-bond donors (Lipinski definition) is 1. The second-order valence-electron chi connectivity index (χ2n) is 1.45. The number of aliphatic hydroxyl groups excluding tert-OH is 1. The summed E-state index contributed by atoms with van der Waals surface area (Å²) < 4.78 is 1.91. The van der Waals surface area contributed by atoms with Crippen LogP contribution in [0.2, 0.25) is 0 Å². The van der Waals surface area contributed by atoms with Gasteiger partial charge in [0.25, 0.3) is 0 Å². The molecule has 0 radical (unpaired) electrons. The predicted octanol–water partition coefficient (Wildman–Crippen LogP) is 1.71. The van der Waals surface area contributed by atoms with E-state index in [9.17, 15) is 0 Å². The molecular weight excluding hydrogens is 203 g/mol. The lowest BCUT2D eigenvalue weighted by Gasteiger charge is -1.93. The lowest BCUT2D eigenvalue weighted by molar-refractivity contribution is 0.198. The number of rotatable bonds is 2. The van der Waals surface area contributed by atoms with Crippen molar-refractivity contribution in [2.75, 3.05) is 0 Å². The molecule has 0 aliphatic rings. The van der Waals surface area contributed by atoms with E-state index < -0.39 is 0 Å². The van der Waals surface area contributed by atoms with Gasteiger partial charge in [0.1, 0.15) is 0 Å². The minimum Gasteiger partial charge on any atom is -0.393 e. The van der Waals surface area contributed by atoms with E-state index in [1.54, 1.807) is 6.92 Å². The molecule has 0 fully saturated rings. The van der Waals surface area contributed by atoms with Crippen LogP contribution < -0.4 is 0 Å². The zero-order valence-electron chi connectivity index (χ0n) is 4.26. The maximum atomic E-state index is 8.63. The minimum absolute atomic E-state index is 0.189. The average molecular weight is 212 g/mol. The first-order chi connectivity index (χ1) is 3.27. The van der Waals surface area contributed by atoms with Gasteiger partial charge < -0.3 is 5.11 Å². The van der Waals surface area contributed by atoms with E-state index in [1.165, 1.54) is 0 Å². The topological polar surface area (TPSA) is 20.2 Å². The molecule has 0 spiro atoms. The Labute approximate surface area is 57.6 Å². The Hall–Kier alpha value is 0.430. The molecule has 0 aromatic carbocycles. The molecule has 42 valence electrons. The van der Waals surface area contributed by atoms with Gasteiger partial charge in [-0.25, -0.2) is 0 Å². The van der Waals surface area contributed by atoms with Crippen LogP contribution in [0.25, 0.3) is 0 Å². The van der Waals surface area contributed by atoms with Crippen molar-refractivity contribution in [1.29, 1.82) is 0 Å². The highest BCUT2D eigenvalue weighted by Crippen LogP contribution is 1.92. The molecule has 2 heteroatoms. The monoisotopic (exact) mass is 212 g/mol. The van der Waals surface area contributed by atoms with Crippen molar-refractivity contribution in [3.8, 4) is 0 Å². The Morgan fingerprint density at radius 2 is 2.43 bits per heavy atom. The molecule has 0 aliphatic heterocycles. The lowest BCUT2D eigenvalue weighted by atomic mass is 10.3. The van der Waals surface area contributed by atoms with E-state index in [-0.39, 0.29) is 6.10 Å². The van der Waals surface area contributed by atoms with Crippen LogP contribution in [0.5, 0.6) is 0 Å². The van der Waals surface area contributed by atoms with Gasteiger partial charge in [-0.15, -0.1) is 0 Å². The zero-order chi connectivity index (χ0) is 5.70. The number of halogens is 1. The highest BCUT2D eigenvalue weighted by molar-refractivity contribution is 14.1. The van der Waals surface area contributed by atoms with Crippen molar-refractivity contribution in [2.45, 2.75) is 19.4 Å². The van der Waals surface area contributed by atoms with Gasteiger partial charge in [-0.3, -0.25) is 0 Å². The quantitative estimate of drug-likeness (QED) is 0.690. The van der Waals surface area contributed by atoms with E-state index in [1.807, 2.05) is 10.2 Å². The summed E-state index contributed by atoms with van der Waals surface area (Å²) in [6, 6.07) is 0. The smallest absolute Gasteiger partial charge is 0.0546 e. The van der Waals surface area contributed by atoms with E-state index in [0.717, 1.165) is 6.42 Å². The van der Waals surface area contributed by atoms with Crippen molar-refractivity contribution in [3.05, 3.63) is 10.2 Å². The molecule has 0 aromatic heterocycles. The highest BCUT2D eigenvalue weighted by atomic mass is 127. The summed E-state index contributed by atoms with van der Waals surface area (Å²) in [5.41, 5.74) is 0. The number of hydrogen-bond acceptors (Lipinski definition) is 1. The maximum Gasteiger partial charge on any atom is 0.0546 e. The van der Waals surface area contributed by atoms with Crippen molar-refractivity contribution in [2.24, 2.45) is 0 Å². The Balaban J connectivity index is 2.97. The summed E-state index contributed by atoms with van der Waals surface area (Å²) >= 11 is 2.13. The van der Waals surface area contributed by atoms with Gasteiger partial charge in [0.2, 0.25) is 0 Å². The molecule has 1 N–H and O–H groups in total. The first kappa shape index (κ1) is 7.43. The molecule has 0 heterocycles. The minimum atomic E-state index is -0.189. The van der Waals surface area contributed by atoms with Crippen LogP contribution in [0.3, 0.4) is 0 Å². The molecule has 1 atom stereocenters. The summed E-state index contributed by atoms with van der Waals surface area (Å²) in [7, 11) is 0. The molecular formula is C5H9IO. The van der Waals surface area contributed by atoms with Gasteiger partial charge in [-0.1, -0.05) is 28.7 Å². The molecule has 0 aliphatic carbocycles.